The highest BCUT2D eigenvalue weighted by Crippen LogP contribution is 2.44. The number of pyridine rings is 1. The molecule has 5 rings (SSSR count). The highest BCUT2D eigenvalue weighted by atomic mass is 79.9. The molecule has 0 spiro atoms. The van der Waals surface area contributed by atoms with Gasteiger partial charge in [0.05, 0.1) is 17.4 Å². The van der Waals surface area contributed by atoms with Crippen molar-refractivity contribution < 1.29 is 5.11 Å². The number of nitrogen functional groups attached to an aromatic ring is 1. The van der Waals surface area contributed by atoms with Gasteiger partial charge in [0.25, 0.3) is 0 Å². The van der Waals surface area contributed by atoms with E-state index in [-0.39, 0.29) is 6.04 Å². The zero-order valence-corrected chi connectivity index (χ0v) is 24.7. The fourth-order valence-electron chi connectivity index (χ4n) is 5.77. The lowest BCUT2D eigenvalue weighted by molar-refractivity contribution is 0.271. The third-order valence-electron chi connectivity index (χ3n) is 8.60. The second-order valence-electron chi connectivity index (χ2n) is 11.1. The molecule has 2 unspecified atom stereocenters. The third-order valence-corrected chi connectivity index (χ3v) is 9.40. The molecule has 1 aliphatic heterocycles. The first kappa shape index (κ1) is 26.8. The van der Waals surface area contributed by atoms with E-state index < -0.39 is 0 Å². The normalized spacial score (nSPS) is 17.9. The van der Waals surface area contributed by atoms with Crippen molar-refractivity contribution in [3.05, 3.63) is 69.2 Å². The second kappa shape index (κ2) is 10.8. The van der Waals surface area contributed by atoms with E-state index >= 15 is 0 Å². The number of aromatic hydroxyl groups is 1. The van der Waals surface area contributed by atoms with E-state index in [9.17, 15) is 5.11 Å². The van der Waals surface area contributed by atoms with Gasteiger partial charge in [0.1, 0.15) is 16.0 Å². The lowest BCUT2D eigenvalue weighted by Gasteiger charge is -2.39. The topological polar surface area (TPSA) is 80.2 Å². The van der Waals surface area contributed by atoms with Gasteiger partial charge in [0.15, 0.2) is 0 Å². The van der Waals surface area contributed by atoms with Gasteiger partial charge in [-0.15, -0.1) is 0 Å². The Morgan fingerprint density at radius 1 is 1.29 bits per heavy atom. The van der Waals surface area contributed by atoms with Crippen molar-refractivity contribution in [1.82, 2.24) is 19.7 Å². The number of hydrogen-bond donors (Lipinski definition) is 2. The lowest BCUT2D eigenvalue weighted by atomic mass is 9.90. The van der Waals surface area contributed by atoms with Crippen LogP contribution in [0.3, 0.4) is 0 Å². The van der Waals surface area contributed by atoms with Crippen LogP contribution >= 0.6 is 15.9 Å². The lowest BCUT2D eigenvalue weighted by Crippen LogP contribution is -2.34. The first-order chi connectivity index (χ1) is 18.2. The minimum atomic E-state index is 0.128. The van der Waals surface area contributed by atoms with E-state index in [1.807, 2.05) is 23.9 Å². The number of aromatic nitrogens is 3. The first-order valence-corrected chi connectivity index (χ1v) is 14.8. The van der Waals surface area contributed by atoms with E-state index in [0.29, 0.717) is 23.3 Å². The number of fused-ring (bicyclic) bond motifs is 1. The van der Waals surface area contributed by atoms with Gasteiger partial charge < -0.3 is 15.7 Å². The van der Waals surface area contributed by atoms with Gasteiger partial charge in [-0.05, 0) is 84.5 Å². The summed E-state index contributed by atoms with van der Waals surface area (Å²) in [5, 5.41) is 16.3. The smallest absolute Gasteiger partial charge is 0.141 e. The van der Waals surface area contributed by atoms with E-state index in [4.69, 9.17) is 10.8 Å². The van der Waals surface area contributed by atoms with Gasteiger partial charge in [0, 0.05) is 47.2 Å². The molecular formula is C31H40BrN5O. The van der Waals surface area contributed by atoms with Crippen LogP contribution in [0.1, 0.15) is 98.5 Å². The minimum absolute atomic E-state index is 0.128. The molecule has 7 heteroatoms. The van der Waals surface area contributed by atoms with Crippen LogP contribution in [-0.4, -0.2) is 31.3 Å². The summed E-state index contributed by atoms with van der Waals surface area (Å²) in [4.78, 5) is 6.90. The molecule has 3 aromatic rings. The van der Waals surface area contributed by atoms with Gasteiger partial charge >= 0.3 is 0 Å². The van der Waals surface area contributed by atoms with Crippen molar-refractivity contribution in [2.45, 2.75) is 84.6 Å². The monoisotopic (exact) mass is 577 g/mol. The summed E-state index contributed by atoms with van der Waals surface area (Å²) >= 11 is 3.50. The van der Waals surface area contributed by atoms with Crippen molar-refractivity contribution in [3.63, 3.8) is 0 Å². The van der Waals surface area contributed by atoms with E-state index in [1.165, 1.54) is 29.7 Å². The number of benzene rings is 1. The Kier molecular flexibility index (Phi) is 7.58. The Bertz CT molecular complexity index is 1360. The van der Waals surface area contributed by atoms with Crippen molar-refractivity contribution >= 4 is 27.3 Å². The molecule has 3 N–H and O–H groups in total. The van der Waals surface area contributed by atoms with Gasteiger partial charge in [-0.25, -0.2) is 9.67 Å². The molecule has 2 atom stereocenters. The molecule has 2 aliphatic rings. The standard InChI is InChI=1S/C31H40BrN5O/c1-6-18(3)8-12-24-29-25(7-2)36(20(5)23-17-34-31(32)19(4)30(23)33)15-14-27(29)37(35-24)26-13-11-22(16-28(26)38)21-9-10-21/h11,13,16-18,21,25,38H,5-10,12,14-15H2,1-4H3,(H2,33,34). The van der Waals surface area contributed by atoms with Gasteiger partial charge in [-0.1, -0.05) is 39.8 Å². The van der Waals surface area contributed by atoms with E-state index in [2.05, 4.69) is 65.3 Å². The Morgan fingerprint density at radius 3 is 2.71 bits per heavy atom. The van der Waals surface area contributed by atoms with E-state index in [0.717, 1.165) is 71.5 Å². The molecular weight excluding hydrogens is 538 g/mol. The zero-order valence-electron chi connectivity index (χ0n) is 23.1. The van der Waals surface area contributed by atoms with Crippen LogP contribution in [0.4, 0.5) is 5.69 Å². The molecule has 0 bridgehead atoms. The quantitative estimate of drug-likeness (QED) is 0.258. The fraction of sp³-hybridized carbons (Fsp3) is 0.484. The highest BCUT2D eigenvalue weighted by Gasteiger charge is 2.35. The number of hydrogen-bond acceptors (Lipinski definition) is 5. The maximum atomic E-state index is 11.1. The Labute approximate surface area is 235 Å². The molecule has 0 amide bonds. The molecule has 2 aromatic heterocycles. The molecule has 0 radical (unpaired) electrons. The summed E-state index contributed by atoms with van der Waals surface area (Å²) in [6.45, 7) is 14.1. The predicted octanol–water partition coefficient (Wildman–Crippen LogP) is 7.46. The molecule has 1 fully saturated rings. The van der Waals surface area contributed by atoms with E-state index in [1.54, 1.807) is 0 Å². The number of halogens is 1. The fourth-order valence-corrected chi connectivity index (χ4v) is 6.09. The maximum Gasteiger partial charge on any atom is 0.141 e. The highest BCUT2D eigenvalue weighted by molar-refractivity contribution is 9.10. The summed E-state index contributed by atoms with van der Waals surface area (Å²) in [6, 6.07) is 6.29. The number of phenolic OH excluding ortho intramolecular Hbond substituents is 1. The summed E-state index contributed by atoms with van der Waals surface area (Å²) in [5.74, 6) is 1.55. The van der Waals surface area contributed by atoms with Gasteiger partial charge in [-0.2, -0.15) is 5.10 Å². The Morgan fingerprint density at radius 2 is 2.05 bits per heavy atom. The van der Waals surface area contributed by atoms with Crippen molar-refractivity contribution in [2.75, 3.05) is 12.3 Å². The van der Waals surface area contributed by atoms with Crippen LogP contribution in [0.2, 0.25) is 0 Å². The number of nitrogens with zero attached hydrogens (tertiary/aromatic N) is 4. The molecule has 1 aliphatic carbocycles. The molecule has 3 heterocycles. The first-order valence-electron chi connectivity index (χ1n) is 14.0. The largest absolute Gasteiger partial charge is 0.506 e. The van der Waals surface area contributed by atoms with Crippen LogP contribution < -0.4 is 5.73 Å². The van der Waals surface area contributed by atoms with Crippen LogP contribution in [-0.2, 0) is 12.8 Å². The van der Waals surface area contributed by atoms with Gasteiger partial charge in [-0.3, -0.25) is 0 Å². The second-order valence-corrected chi connectivity index (χ2v) is 11.9. The van der Waals surface area contributed by atoms with Crippen LogP contribution in [0.25, 0.3) is 11.4 Å². The molecule has 6 nitrogen and oxygen atoms in total. The zero-order chi connectivity index (χ0) is 27.1. The number of anilines is 1. The third kappa shape index (κ3) is 4.86. The molecule has 0 saturated heterocycles. The SMILES string of the molecule is C=C(c1cnc(Br)c(C)c1N)N1CCc2c(c(CCC(C)CC)nn2-c2ccc(C3CC3)cc2O)C1CC. The predicted molar refractivity (Wildman–Crippen MR) is 159 cm³/mol. The number of phenols is 1. The summed E-state index contributed by atoms with van der Waals surface area (Å²) in [5.41, 5.74) is 15.6. The number of rotatable bonds is 9. The summed E-state index contributed by atoms with van der Waals surface area (Å²) < 4.78 is 2.79. The molecule has 1 aromatic carbocycles. The van der Waals surface area contributed by atoms with Crippen molar-refractivity contribution in [2.24, 2.45) is 5.92 Å². The molecule has 38 heavy (non-hydrogen) atoms. The average molecular weight is 579 g/mol. The number of nitrogens with two attached hydrogens (primary N) is 1. The Hall–Kier alpha value is -2.80. The maximum absolute atomic E-state index is 11.1. The summed E-state index contributed by atoms with van der Waals surface area (Å²) in [6.07, 6.45) is 9.15. The van der Waals surface area contributed by atoms with Crippen LogP contribution in [0.5, 0.6) is 5.75 Å². The van der Waals surface area contributed by atoms with Gasteiger partial charge in [0.2, 0.25) is 0 Å². The molecule has 1 saturated carbocycles. The summed E-state index contributed by atoms with van der Waals surface area (Å²) in [7, 11) is 0. The minimum Gasteiger partial charge on any atom is -0.506 e. The number of aryl methyl sites for hydroxylation is 1. The van der Waals surface area contributed by atoms with Crippen molar-refractivity contribution in [1.29, 1.82) is 0 Å². The molecule has 202 valence electrons. The van der Waals surface area contributed by atoms with Crippen LogP contribution in [0.15, 0.2) is 35.6 Å². The Balaban J connectivity index is 1.56. The average Bonchev–Trinajstić information content (AvgIpc) is 3.71. The van der Waals surface area contributed by atoms with Crippen LogP contribution in [0, 0.1) is 12.8 Å². The van der Waals surface area contributed by atoms with Crippen molar-refractivity contribution in [3.8, 4) is 11.4 Å².